The molecule has 0 bridgehead atoms. The molecule has 0 amide bonds. The van der Waals surface area contributed by atoms with Crippen LogP contribution in [-0.4, -0.2) is 6.54 Å². The van der Waals surface area contributed by atoms with Crippen LogP contribution in [-0.2, 0) is 6.54 Å². The van der Waals surface area contributed by atoms with Gasteiger partial charge in [-0.1, -0.05) is 31.0 Å². The van der Waals surface area contributed by atoms with Crippen LogP contribution in [0.15, 0.2) is 18.2 Å². The van der Waals surface area contributed by atoms with Gasteiger partial charge in [-0.2, -0.15) is 0 Å². The van der Waals surface area contributed by atoms with Crippen molar-refractivity contribution >= 4 is 11.6 Å². The van der Waals surface area contributed by atoms with Crippen LogP contribution >= 0.6 is 11.6 Å². The highest BCUT2D eigenvalue weighted by Crippen LogP contribution is 2.29. The second kappa shape index (κ2) is 5.83. The van der Waals surface area contributed by atoms with E-state index in [1.54, 1.807) is 6.07 Å². The molecule has 0 heterocycles. The summed E-state index contributed by atoms with van der Waals surface area (Å²) in [5.74, 6) is 1.39. The van der Waals surface area contributed by atoms with Crippen molar-refractivity contribution in [3.8, 4) is 0 Å². The molecule has 1 aliphatic rings. The van der Waals surface area contributed by atoms with Gasteiger partial charge in [-0.3, -0.25) is 0 Å². The van der Waals surface area contributed by atoms with Crippen LogP contribution in [0.1, 0.15) is 31.7 Å². The van der Waals surface area contributed by atoms with Crippen LogP contribution in [0.25, 0.3) is 0 Å². The molecule has 1 aromatic carbocycles. The fraction of sp³-hybridized carbons (Fsp3) is 0.571. The van der Waals surface area contributed by atoms with Gasteiger partial charge in [0, 0.05) is 11.6 Å². The predicted molar refractivity (Wildman–Crippen MR) is 69.6 cm³/mol. The minimum absolute atomic E-state index is 0.275. The predicted octanol–water partition coefficient (Wildman–Crippen LogP) is 4.00. The number of hydrogen-bond acceptors (Lipinski definition) is 1. The first-order chi connectivity index (χ1) is 8.15. The molecule has 2 unspecified atom stereocenters. The van der Waals surface area contributed by atoms with Crippen molar-refractivity contribution < 1.29 is 4.39 Å². The van der Waals surface area contributed by atoms with Crippen LogP contribution in [0.4, 0.5) is 4.39 Å². The van der Waals surface area contributed by atoms with Gasteiger partial charge in [0.15, 0.2) is 0 Å². The summed E-state index contributed by atoms with van der Waals surface area (Å²) >= 11 is 5.97. The molecule has 1 nitrogen and oxygen atoms in total. The molecule has 2 rings (SSSR count). The van der Waals surface area contributed by atoms with E-state index in [2.05, 4.69) is 12.2 Å². The molecular formula is C14H19ClFN. The molecule has 17 heavy (non-hydrogen) atoms. The Labute approximate surface area is 107 Å². The SMILES string of the molecule is CC1CCC(CNCc2ccc(F)cc2Cl)C1. The lowest BCUT2D eigenvalue weighted by Gasteiger charge is -2.11. The van der Waals surface area contributed by atoms with Gasteiger partial charge in [0.05, 0.1) is 0 Å². The van der Waals surface area contributed by atoms with E-state index in [9.17, 15) is 4.39 Å². The monoisotopic (exact) mass is 255 g/mol. The molecule has 2 atom stereocenters. The molecule has 0 aliphatic heterocycles. The first-order valence-corrected chi connectivity index (χ1v) is 6.67. The smallest absolute Gasteiger partial charge is 0.124 e. The minimum Gasteiger partial charge on any atom is -0.312 e. The van der Waals surface area contributed by atoms with Gasteiger partial charge in [-0.25, -0.2) is 4.39 Å². The molecule has 3 heteroatoms. The summed E-state index contributed by atoms with van der Waals surface area (Å²) in [5.41, 5.74) is 0.971. The second-order valence-corrected chi connectivity index (χ2v) is 5.56. The quantitative estimate of drug-likeness (QED) is 0.857. The van der Waals surface area contributed by atoms with E-state index in [0.717, 1.165) is 30.5 Å². The average Bonchev–Trinajstić information content (AvgIpc) is 2.68. The first-order valence-electron chi connectivity index (χ1n) is 6.30. The zero-order valence-corrected chi connectivity index (χ0v) is 10.9. The van der Waals surface area contributed by atoms with E-state index < -0.39 is 0 Å². The van der Waals surface area contributed by atoms with Crippen molar-refractivity contribution in [2.45, 2.75) is 32.7 Å². The molecule has 0 spiro atoms. The van der Waals surface area contributed by atoms with Gasteiger partial charge in [0.2, 0.25) is 0 Å². The Bertz CT molecular complexity index is 380. The molecule has 1 aromatic rings. The van der Waals surface area contributed by atoms with Gasteiger partial charge in [0.25, 0.3) is 0 Å². The molecule has 0 radical (unpaired) electrons. The van der Waals surface area contributed by atoms with Crippen LogP contribution in [0.5, 0.6) is 0 Å². The zero-order valence-electron chi connectivity index (χ0n) is 10.2. The fourth-order valence-electron chi connectivity index (χ4n) is 2.59. The molecule has 0 aromatic heterocycles. The van der Waals surface area contributed by atoms with E-state index in [0.29, 0.717) is 5.02 Å². The maximum Gasteiger partial charge on any atom is 0.124 e. The van der Waals surface area contributed by atoms with Gasteiger partial charge in [-0.15, -0.1) is 0 Å². The zero-order chi connectivity index (χ0) is 12.3. The van der Waals surface area contributed by atoms with Crippen molar-refractivity contribution in [2.24, 2.45) is 11.8 Å². The Morgan fingerprint density at radius 2 is 2.24 bits per heavy atom. The summed E-state index contributed by atoms with van der Waals surface area (Å²) < 4.78 is 12.9. The molecule has 1 fully saturated rings. The molecule has 0 saturated heterocycles. The Morgan fingerprint density at radius 1 is 1.41 bits per heavy atom. The van der Waals surface area contributed by atoms with E-state index in [4.69, 9.17) is 11.6 Å². The highest BCUT2D eigenvalue weighted by molar-refractivity contribution is 6.31. The topological polar surface area (TPSA) is 12.0 Å². The average molecular weight is 256 g/mol. The maximum atomic E-state index is 12.9. The van der Waals surface area contributed by atoms with E-state index in [-0.39, 0.29) is 5.82 Å². The van der Waals surface area contributed by atoms with Gasteiger partial charge < -0.3 is 5.32 Å². The lowest BCUT2D eigenvalue weighted by molar-refractivity contribution is 0.470. The van der Waals surface area contributed by atoms with Crippen LogP contribution in [0.2, 0.25) is 5.02 Å². The van der Waals surface area contributed by atoms with Gasteiger partial charge in [0.1, 0.15) is 5.82 Å². The normalized spacial score (nSPS) is 24.2. The Hall–Kier alpha value is -0.600. The molecule has 1 N–H and O–H groups in total. The molecule has 1 saturated carbocycles. The van der Waals surface area contributed by atoms with Crippen molar-refractivity contribution in [1.29, 1.82) is 0 Å². The number of hydrogen-bond donors (Lipinski definition) is 1. The largest absolute Gasteiger partial charge is 0.312 e. The minimum atomic E-state index is -0.275. The lowest BCUT2D eigenvalue weighted by Crippen LogP contribution is -2.21. The van der Waals surface area contributed by atoms with E-state index in [1.807, 2.05) is 0 Å². The third-order valence-corrected chi connectivity index (χ3v) is 3.92. The summed E-state index contributed by atoms with van der Waals surface area (Å²) in [6.45, 7) is 4.08. The van der Waals surface area contributed by atoms with Crippen molar-refractivity contribution in [2.75, 3.05) is 6.54 Å². The second-order valence-electron chi connectivity index (χ2n) is 5.15. The number of halogens is 2. The molecular weight excluding hydrogens is 237 g/mol. The highest BCUT2D eigenvalue weighted by atomic mass is 35.5. The summed E-state index contributed by atoms with van der Waals surface area (Å²) in [6, 6.07) is 4.58. The number of benzene rings is 1. The molecule has 94 valence electrons. The van der Waals surface area contributed by atoms with Crippen molar-refractivity contribution in [3.63, 3.8) is 0 Å². The third kappa shape index (κ3) is 3.68. The van der Waals surface area contributed by atoms with Crippen molar-refractivity contribution in [3.05, 3.63) is 34.6 Å². The summed E-state index contributed by atoms with van der Waals surface area (Å²) in [5, 5.41) is 3.93. The Kier molecular flexibility index (Phi) is 4.41. The lowest BCUT2D eigenvalue weighted by atomic mass is 10.1. The Morgan fingerprint density at radius 3 is 2.88 bits per heavy atom. The Balaban J connectivity index is 1.78. The summed E-state index contributed by atoms with van der Waals surface area (Å²) in [4.78, 5) is 0. The third-order valence-electron chi connectivity index (χ3n) is 3.57. The van der Waals surface area contributed by atoms with Crippen LogP contribution in [0, 0.1) is 17.7 Å². The van der Waals surface area contributed by atoms with Crippen LogP contribution < -0.4 is 5.32 Å². The van der Waals surface area contributed by atoms with Gasteiger partial charge >= 0.3 is 0 Å². The van der Waals surface area contributed by atoms with Gasteiger partial charge in [-0.05, 0) is 48.9 Å². The number of rotatable bonds is 4. The summed E-state index contributed by atoms with van der Waals surface area (Å²) in [6.07, 6.45) is 4.00. The van der Waals surface area contributed by atoms with E-state index >= 15 is 0 Å². The first kappa shape index (κ1) is 12.8. The standard InChI is InChI=1S/C14H19ClFN/c1-10-2-3-11(6-10)8-17-9-12-4-5-13(16)7-14(12)15/h4-5,7,10-11,17H,2-3,6,8-9H2,1H3. The summed E-state index contributed by atoms with van der Waals surface area (Å²) in [7, 11) is 0. The molecule has 1 aliphatic carbocycles. The van der Waals surface area contributed by atoms with Crippen molar-refractivity contribution in [1.82, 2.24) is 5.32 Å². The highest BCUT2D eigenvalue weighted by Gasteiger charge is 2.20. The number of nitrogens with one attached hydrogen (secondary N) is 1. The fourth-order valence-corrected chi connectivity index (χ4v) is 2.82. The van der Waals surface area contributed by atoms with Crippen LogP contribution in [0.3, 0.4) is 0 Å². The maximum absolute atomic E-state index is 12.9. The van der Waals surface area contributed by atoms with E-state index in [1.165, 1.54) is 31.4 Å².